The lowest BCUT2D eigenvalue weighted by atomic mass is 10.0. The number of nitrogens with one attached hydrogen (secondary N) is 2. The Morgan fingerprint density at radius 1 is 1.42 bits per heavy atom. The molecule has 2 amide bonds. The molecule has 0 bridgehead atoms. The van der Waals surface area contributed by atoms with Gasteiger partial charge < -0.3 is 20.5 Å². The predicted octanol–water partition coefficient (Wildman–Crippen LogP) is 2.22. The van der Waals surface area contributed by atoms with Crippen molar-refractivity contribution in [3.05, 3.63) is 24.3 Å². The first-order valence-corrected chi connectivity index (χ1v) is 6.37. The van der Waals surface area contributed by atoms with Crippen molar-refractivity contribution in [2.45, 2.75) is 26.3 Å². The maximum Gasteiger partial charge on any atom is 0.319 e. The molecule has 1 atom stereocenters. The minimum absolute atomic E-state index is 0.0658. The zero-order valence-electron chi connectivity index (χ0n) is 11.6. The molecule has 0 spiro atoms. The lowest BCUT2D eigenvalue weighted by Gasteiger charge is -2.18. The fraction of sp³-hybridized carbons (Fsp3) is 0.500. The maximum absolute atomic E-state index is 11.8. The van der Waals surface area contributed by atoms with Gasteiger partial charge in [-0.25, -0.2) is 4.79 Å². The van der Waals surface area contributed by atoms with Crippen LogP contribution in [-0.2, 0) is 0 Å². The molecule has 3 N–H and O–H groups in total. The van der Waals surface area contributed by atoms with Gasteiger partial charge in [-0.1, -0.05) is 19.9 Å². The van der Waals surface area contributed by atoms with E-state index in [1.165, 1.54) is 0 Å². The Kier molecular flexibility index (Phi) is 6.15. The van der Waals surface area contributed by atoms with E-state index in [0.717, 1.165) is 6.42 Å². The number of anilines is 1. The van der Waals surface area contributed by atoms with Crippen LogP contribution < -0.4 is 15.4 Å². The van der Waals surface area contributed by atoms with Crippen LogP contribution in [0.1, 0.15) is 20.3 Å². The summed E-state index contributed by atoms with van der Waals surface area (Å²) in [4.78, 5) is 11.8. The smallest absolute Gasteiger partial charge is 0.319 e. The number of ether oxygens (including phenoxy) is 1. The van der Waals surface area contributed by atoms with Gasteiger partial charge in [0, 0.05) is 11.8 Å². The van der Waals surface area contributed by atoms with E-state index in [1.54, 1.807) is 31.4 Å². The molecule has 0 aliphatic heterocycles. The highest BCUT2D eigenvalue weighted by Crippen LogP contribution is 2.16. The molecular weight excluding hydrogens is 244 g/mol. The van der Waals surface area contributed by atoms with Crippen LogP contribution in [0.25, 0.3) is 0 Å². The van der Waals surface area contributed by atoms with Crippen LogP contribution in [0, 0.1) is 5.92 Å². The number of carbonyl (C=O) groups is 1. The molecule has 0 aliphatic rings. The molecule has 0 radical (unpaired) electrons. The third kappa shape index (κ3) is 5.61. The van der Waals surface area contributed by atoms with Gasteiger partial charge in [0.25, 0.3) is 0 Å². The number of benzene rings is 1. The summed E-state index contributed by atoms with van der Waals surface area (Å²) in [7, 11) is 1.57. The standard InChI is InChI=1S/C14H22N2O3/c1-10(2)7-12(9-17)16-14(18)15-11-5-4-6-13(8-11)19-3/h4-6,8,10,12,17H,7,9H2,1-3H3,(H2,15,16,18). The lowest BCUT2D eigenvalue weighted by Crippen LogP contribution is -2.40. The summed E-state index contributed by atoms with van der Waals surface area (Å²) in [6.45, 7) is 4.03. The highest BCUT2D eigenvalue weighted by Gasteiger charge is 2.13. The zero-order chi connectivity index (χ0) is 14.3. The van der Waals surface area contributed by atoms with Gasteiger partial charge in [0.1, 0.15) is 5.75 Å². The average molecular weight is 266 g/mol. The summed E-state index contributed by atoms with van der Waals surface area (Å²) in [5.74, 6) is 1.09. The number of aliphatic hydroxyl groups is 1. The van der Waals surface area contributed by atoms with Crippen molar-refractivity contribution in [2.24, 2.45) is 5.92 Å². The topological polar surface area (TPSA) is 70.6 Å². The Morgan fingerprint density at radius 2 is 2.16 bits per heavy atom. The van der Waals surface area contributed by atoms with E-state index in [-0.39, 0.29) is 18.7 Å². The number of aliphatic hydroxyl groups excluding tert-OH is 1. The SMILES string of the molecule is COc1cccc(NC(=O)NC(CO)CC(C)C)c1. The van der Waals surface area contributed by atoms with E-state index in [4.69, 9.17) is 4.74 Å². The van der Waals surface area contributed by atoms with Gasteiger partial charge in [-0.3, -0.25) is 0 Å². The van der Waals surface area contributed by atoms with Crippen LogP contribution in [0.5, 0.6) is 5.75 Å². The first kappa shape index (κ1) is 15.3. The molecule has 1 aromatic rings. The van der Waals surface area contributed by atoms with Gasteiger partial charge in [-0.2, -0.15) is 0 Å². The minimum Gasteiger partial charge on any atom is -0.497 e. The fourth-order valence-corrected chi connectivity index (χ4v) is 1.80. The molecule has 1 aromatic carbocycles. The van der Waals surface area contributed by atoms with Crippen molar-refractivity contribution in [1.82, 2.24) is 5.32 Å². The summed E-state index contributed by atoms with van der Waals surface area (Å²) in [5, 5.41) is 14.7. The first-order valence-electron chi connectivity index (χ1n) is 6.37. The molecular formula is C14H22N2O3. The molecule has 0 aromatic heterocycles. The number of urea groups is 1. The molecule has 5 heteroatoms. The predicted molar refractivity (Wildman–Crippen MR) is 75.5 cm³/mol. The van der Waals surface area contributed by atoms with Crippen molar-refractivity contribution in [3.8, 4) is 5.75 Å². The van der Waals surface area contributed by atoms with Crippen molar-refractivity contribution in [3.63, 3.8) is 0 Å². The van der Waals surface area contributed by atoms with E-state index in [2.05, 4.69) is 10.6 Å². The number of rotatable bonds is 6. The van der Waals surface area contributed by atoms with Gasteiger partial charge in [-0.15, -0.1) is 0 Å². The van der Waals surface area contributed by atoms with E-state index in [1.807, 2.05) is 13.8 Å². The molecule has 0 heterocycles. The molecule has 1 unspecified atom stereocenters. The fourth-order valence-electron chi connectivity index (χ4n) is 1.80. The number of hydrogen-bond acceptors (Lipinski definition) is 3. The minimum atomic E-state index is -0.326. The normalized spacial score (nSPS) is 12.1. The molecule has 0 fully saturated rings. The molecule has 5 nitrogen and oxygen atoms in total. The van der Waals surface area contributed by atoms with Crippen LogP contribution in [0.15, 0.2) is 24.3 Å². The Hall–Kier alpha value is -1.75. The number of carbonyl (C=O) groups excluding carboxylic acids is 1. The van der Waals surface area contributed by atoms with E-state index >= 15 is 0 Å². The number of hydrogen-bond donors (Lipinski definition) is 3. The Balaban J connectivity index is 2.53. The highest BCUT2D eigenvalue weighted by atomic mass is 16.5. The summed E-state index contributed by atoms with van der Waals surface area (Å²) < 4.78 is 5.08. The van der Waals surface area contributed by atoms with Gasteiger partial charge in [0.15, 0.2) is 0 Å². The van der Waals surface area contributed by atoms with E-state index < -0.39 is 0 Å². The summed E-state index contributed by atoms with van der Waals surface area (Å²) in [6, 6.07) is 6.55. The first-order chi connectivity index (χ1) is 9.05. The van der Waals surface area contributed by atoms with Crippen LogP contribution in [0.3, 0.4) is 0 Å². The molecule has 106 valence electrons. The zero-order valence-corrected chi connectivity index (χ0v) is 11.6. The number of amides is 2. The third-order valence-corrected chi connectivity index (χ3v) is 2.64. The lowest BCUT2D eigenvalue weighted by molar-refractivity contribution is 0.214. The second kappa shape index (κ2) is 7.63. The molecule has 0 saturated heterocycles. The molecule has 1 rings (SSSR count). The van der Waals surface area contributed by atoms with Gasteiger partial charge in [-0.05, 0) is 24.5 Å². The maximum atomic E-state index is 11.8. The van der Waals surface area contributed by atoms with Crippen molar-refractivity contribution in [2.75, 3.05) is 19.0 Å². The molecule has 0 aliphatic carbocycles. The second-order valence-corrected chi connectivity index (χ2v) is 4.84. The monoisotopic (exact) mass is 266 g/mol. The van der Waals surface area contributed by atoms with Gasteiger partial charge in [0.05, 0.1) is 19.8 Å². The van der Waals surface area contributed by atoms with E-state index in [9.17, 15) is 9.90 Å². The quantitative estimate of drug-likeness (QED) is 0.739. The van der Waals surface area contributed by atoms with Crippen molar-refractivity contribution >= 4 is 11.7 Å². The molecule has 0 saturated carbocycles. The van der Waals surface area contributed by atoms with Crippen LogP contribution >= 0.6 is 0 Å². The largest absolute Gasteiger partial charge is 0.497 e. The van der Waals surface area contributed by atoms with Crippen LogP contribution in [0.4, 0.5) is 10.5 Å². The highest BCUT2D eigenvalue weighted by molar-refractivity contribution is 5.89. The Labute approximate surface area is 114 Å². The summed E-state index contributed by atoms with van der Waals surface area (Å²) in [6.07, 6.45) is 0.738. The number of methoxy groups -OCH3 is 1. The van der Waals surface area contributed by atoms with Gasteiger partial charge in [0.2, 0.25) is 0 Å². The van der Waals surface area contributed by atoms with Crippen molar-refractivity contribution < 1.29 is 14.6 Å². The van der Waals surface area contributed by atoms with Crippen LogP contribution in [0.2, 0.25) is 0 Å². The van der Waals surface area contributed by atoms with Crippen molar-refractivity contribution in [1.29, 1.82) is 0 Å². The van der Waals surface area contributed by atoms with Gasteiger partial charge >= 0.3 is 6.03 Å². The average Bonchev–Trinajstić information content (AvgIpc) is 2.37. The van der Waals surface area contributed by atoms with Crippen LogP contribution in [-0.4, -0.2) is 30.9 Å². The summed E-state index contributed by atoms with van der Waals surface area (Å²) >= 11 is 0. The Morgan fingerprint density at radius 3 is 2.74 bits per heavy atom. The third-order valence-electron chi connectivity index (χ3n) is 2.64. The second-order valence-electron chi connectivity index (χ2n) is 4.84. The summed E-state index contributed by atoms with van der Waals surface area (Å²) in [5.41, 5.74) is 0.651. The Bertz CT molecular complexity index is 407. The van der Waals surface area contributed by atoms with E-state index in [0.29, 0.717) is 17.4 Å². The molecule has 19 heavy (non-hydrogen) atoms.